The molecule has 0 saturated carbocycles. The number of rotatable bonds is 4. The fourth-order valence-electron chi connectivity index (χ4n) is 2.72. The molecule has 0 heterocycles. The monoisotopic (exact) mass is 346 g/mol. The molecule has 0 fully saturated rings. The van der Waals surface area contributed by atoms with Gasteiger partial charge in [0.05, 0.1) is 0 Å². The van der Waals surface area contributed by atoms with Gasteiger partial charge in [0.2, 0.25) is 0 Å². The predicted octanol–water partition coefficient (Wildman–Crippen LogP) is 7.14. The van der Waals surface area contributed by atoms with Gasteiger partial charge in [-0.05, 0) is 78.5 Å². The number of hydrogen-bond acceptors (Lipinski definition) is 2. The fourth-order valence-corrected chi connectivity index (χ4v) is 2.72. The molecule has 25 heavy (non-hydrogen) atoms. The van der Waals surface area contributed by atoms with Crippen molar-refractivity contribution in [2.45, 2.75) is 93.3 Å². The molecule has 2 nitrogen and oxygen atoms in total. The van der Waals surface area contributed by atoms with E-state index in [1.807, 2.05) is 0 Å². The molecule has 1 atom stereocenters. The van der Waals surface area contributed by atoms with Crippen molar-refractivity contribution in [3.8, 4) is 11.5 Å². The van der Waals surface area contributed by atoms with Crippen LogP contribution in [0.25, 0.3) is 0 Å². The first-order valence-corrected chi connectivity index (χ1v) is 9.25. The van der Waals surface area contributed by atoms with E-state index in [2.05, 4.69) is 100 Å². The first kappa shape index (κ1) is 21.6. The lowest BCUT2D eigenvalue weighted by Gasteiger charge is -2.31. The van der Waals surface area contributed by atoms with E-state index in [0.29, 0.717) is 5.92 Å². The first-order chi connectivity index (χ1) is 11.1. The van der Waals surface area contributed by atoms with Crippen molar-refractivity contribution >= 4 is 0 Å². The average Bonchev–Trinajstić information content (AvgIpc) is 2.33. The minimum absolute atomic E-state index is 0.128. The Balaban J connectivity index is 3.44. The van der Waals surface area contributed by atoms with Gasteiger partial charge in [-0.25, -0.2) is 0 Å². The van der Waals surface area contributed by atoms with Gasteiger partial charge in [-0.1, -0.05) is 38.5 Å². The molecular weight excluding hydrogens is 308 g/mol. The zero-order valence-electron chi connectivity index (χ0n) is 18.2. The van der Waals surface area contributed by atoms with Crippen molar-refractivity contribution in [1.29, 1.82) is 0 Å². The highest BCUT2D eigenvalue weighted by Crippen LogP contribution is 2.41. The number of benzene rings is 1. The van der Waals surface area contributed by atoms with Crippen LogP contribution in [0.2, 0.25) is 0 Å². The Hall–Kier alpha value is -1.44. The Morgan fingerprint density at radius 1 is 0.800 bits per heavy atom. The summed E-state index contributed by atoms with van der Waals surface area (Å²) >= 11 is 0. The molecule has 1 unspecified atom stereocenters. The van der Waals surface area contributed by atoms with Gasteiger partial charge < -0.3 is 9.47 Å². The second-order valence-electron chi connectivity index (χ2n) is 10.2. The quantitative estimate of drug-likeness (QED) is 0.539. The number of ether oxygens (including phenoxy) is 2. The van der Waals surface area contributed by atoms with Gasteiger partial charge >= 0.3 is 0 Å². The molecule has 1 aromatic carbocycles. The van der Waals surface area contributed by atoms with E-state index in [9.17, 15) is 0 Å². The van der Waals surface area contributed by atoms with Crippen LogP contribution < -0.4 is 9.47 Å². The highest BCUT2D eigenvalue weighted by atomic mass is 16.5. The second-order valence-corrected chi connectivity index (χ2v) is 10.2. The molecule has 0 spiro atoms. The zero-order valence-corrected chi connectivity index (χ0v) is 18.2. The Kier molecular flexibility index (Phi) is 6.42. The molecule has 2 heteroatoms. The maximum Gasteiger partial charge on any atom is 0.162 e. The van der Waals surface area contributed by atoms with Crippen LogP contribution in [-0.2, 0) is 0 Å². The summed E-state index contributed by atoms with van der Waals surface area (Å²) in [5.74, 6) is 1.94. The smallest absolute Gasteiger partial charge is 0.162 e. The van der Waals surface area contributed by atoms with Crippen LogP contribution in [0.4, 0.5) is 0 Å². The van der Waals surface area contributed by atoms with Gasteiger partial charge in [0.1, 0.15) is 11.2 Å². The summed E-state index contributed by atoms with van der Waals surface area (Å²) in [5, 5.41) is 0. The molecule has 0 bridgehead atoms. The summed E-state index contributed by atoms with van der Waals surface area (Å²) < 4.78 is 12.4. The summed E-state index contributed by atoms with van der Waals surface area (Å²) in [6.45, 7) is 23.5. The van der Waals surface area contributed by atoms with Gasteiger partial charge in [0.25, 0.3) is 0 Å². The molecule has 0 saturated heterocycles. The van der Waals surface area contributed by atoms with Gasteiger partial charge in [0.15, 0.2) is 11.5 Å². The highest BCUT2D eigenvalue weighted by Gasteiger charge is 2.27. The van der Waals surface area contributed by atoms with E-state index < -0.39 is 0 Å². The summed E-state index contributed by atoms with van der Waals surface area (Å²) in [5.41, 5.74) is 2.17. The standard InChI is InChI=1S/C23H38O2/c1-16(2)14-18(21(3,4)5)17-12-13-19(24-22(6,7)8)20(15-17)25-23(9,10)11/h12-15,18H,1-11H3. The van der Waals surface area contributed by atoms with Gasteiger partial charge in [-0.3, -0.25) is 0 Å². The lowest BCUT2D eigenvalue weighted by molar-refractivity contribution is 0.0955. The molecule has 0 aliphatic carbocycles. The van der Waals surface area contributed by atoms with Crippen LogP contribution >= 0.6 is 0 Å². The SMILES string of the molecule is CC(C)=CC(c1ccc(OC(C)(C)C)c(OC(C)(C)C)c1)C(C)(C)C. The van der Waals surface area contributed by atoms with Crippen molar-refractivity contribution < 1.29 is 9.47 Å². The van der Waals surface area contributed by atoms with Crippen molar-refractivity contribution in [1.82, 2.24) is 0 Å². The lowest BCUT2D eigenvalue weighted by atomic mass is 9.75. The van der Waals surface area contributed by atoms with Crippen molar-refractivity contribution in [3.05, 3.63) is 35.4 Å². The second kappa shape index (κ2) is 7.43. The largest absolute Gasteiger partial charge is 0.484 e. The number of allylic oxidation sites excluding steroid dienone is 2. The van der Waals surface area contributed by atoms with Crippen molar-refractivity contribution in [3.63, 3.8) is 0 Å². The van der Waals surface area contributed by atoms with Crippen LogP contribution in [0, 0.1) is 5.41 Å². The third-order valence-corrected chi connectivity index (χ3v) is 3.59. The summed E-state index contributed by atoms with van der Waals surface area (Å²) in [6, 6.07) is 6.38. The highest BCUT2D eigenvalue weighted by molar-refractivity contribution is 5.46. The van der Waals surface area contributed by atoms with Gasteiger partial charge in [-0.2, -0.15) is 0 Å². The molecule has 0 aromatic heterocycles. The first-order valence-electron chi connectivity index (χ1n) is 9.25. The molecular formula is C23H38O2. The maximum atomic E-state index is 6.24. The van der Waals surface area contributed by atoms with Crippen LogP contribution in [0.5, 0.6) is 11.5 Å². The molecule has 0 aliphatic heterocycles. The Morgan fingerprint density at radius 3 is 1.68 bits per heavy atom. The van der Waals surface area contributed by atoms with Crippen LogP contribution in [0.3, 0.4) is 0 Å². The van der Waals surface area contributed by atoms with E-state index in [0.717, 1.165) is 11.5 Å². The summed E-state index contributed by atoms with van der Waals surface area (Å²) in [6.07, 6.45) is 2.35. The fraction of sp³-hybridized carbons (Fsp3) is 0.652. The van der Waals surface area contributed by atoms with Crippen molar-refractivity contribution in [2.24, 2.45) is 5.41 Å². The molecule has 1 rings (SSSR count). The van der Waals surface area contributed by atoms with Crippen molar-refractivity contribution in [2.75, 3.05) is 0 Å². The summed E-state index contributed by atoms with van der Waals surface area (Å²) in [4.78, 5) is 0. The zero-order chi connectivity index (χ0) is 19.6. The normalized spacial score (nSPS) is 14.0. The minimum atomic E-state index is -0.275. The third-order valence-electron chi connectivity index (χ3n) is 3.59. The van der Waals surface area contributed by atoms with E-state index in [-0.39, 0.29) is 16.6 Å². The Bertz CT molecular complexity index is 600. The molecule has 0 aliphatic rings. The van der Waals surface area contributed by atoms with Crippen LogP contribution in [-0.4, -0.2) is 11.2 Å². The van der Waals surface area contributed by atoms with Gasteiger partial charge in [-0.15, -0.1) is 0 Å². The minimum Gasteiger partial charge on any atom is -0.484 e. The molecule has 1 aromatic rings. The molecule has 0 amide bonds. The van der Waals surface area contributed by atoms with E-state index >= 15 is 0 Å². The van der Waals surface area contributed by atoms with Crippen LogP contribution in [0.1, 0.15) is 87.6 Å². The van der Waals surface area contributed by atoms with Crippen LogP contribution in [0.15, 0.2) is 29.8 Å². The van der Waals surface area contributed by atoms with E-state index in [1.165, 1.54) is 11.1 Å². The number of hydrogen-bond donors (Lipinski definition) is 0. The molecule has 0 N–H and O–H groups in total. The average molecular weight is 347 g/mol. The lowest BCUT2D eigenvalue weighted by Crippen LogP contribution is -2.27. The van der Waals surface area contributed by atoms with Gasteiger partial charge in [0, 0.05) is 5.92 Å². The van der Waals surface area contributed by atoms with E-state index in [1.54, 1.807) is 0 Å². The third kappa shape index (κ3) is 7.54. The Morgan fingerprint density at radius 2 is 1.28 bits per heavy atom. The summed E-state index contributed by atoms with van der Waals surface area (Å²) in [7, 11) is 0. The topological polar surface area (TPSA) is 18.5 Å². The predicted molar refractivity (Wildman–Crippen MR) is 109 cm³/mol. The van der Waals surface area contributed by atoms with E-state index in [4.69, 9.17) is 9.47 Å². The maximum absolute atomic E-state index is 6.24. The molecule has 0 radical (unpaired) electrons. The Labute approximate surface area is 155 Å². The molecule has 142 valence electrons.